The molecule has 0 bridgehead atoms. The zero-order valence-corrected chi connectivity index (χ0v) is 20.9. The highest BCUT2D eigenvalue weighted by Gasteiger charge is 2.13. The van der Waals surface area contributed by atoms with Gasteiger partial charge in [-0.1, -0.05) is 64.1 Å². The molecule has 172 valence electrons. The quantitative estimate of drug-likeness (QED) is 0.190. The molecule has 3 rings (SSSR count). The van der Waals surface area contributed by atoms with E-state index in [0.717, 1.165) is 40.4 Å². The Morgan fingerprint density at radius 2 is 1.61 bits per heavy atom. The van der Waals surface area contributed by atoms with E-state index in [1.807, 2.05) is 30.5 Å². The first kappa shape index (κ1) is 24.4. The van der Waals surface area contributed by atoms with Crippen LogP contribution in [0.2, 0.25) is 0 Å². The van der Waals surface area contributed by atoms with E-state index >= 15 is 0 Å². The standard InChI is InChI=1S/C30H36N2O/c1-8-9-16-33-29-18-27(22(6)17-23(29)7)28-15-10-12-24(32-28)19-31-30-25(20(2)3)13-11-14-26(30)21(4)5/h8,10-15,17-21H,1,9,16H2,2-7H3/b31-19-. The molecule has 0 unspecified atom stereocenters. The van der Waals surface area contributed by atoms with Crippen LogP contribution in [0, 0.1) is 13.8 Å². The van der Waals surface area contributed by atoms with E-state index in [9.17, 15) is 0 Å². The fraction of sp³-hybridized carbons (Fsp3) is 0.333. The Bertz CT molecular complexity index is 1120. The normalized spacial score (nSPS) is 11.5. The minimum atomic E-state index is 0.407. The summed E-state index contributed by atoms with van der Waals surface area (Å²) in [5, 5.41) is 0. The van der Waals surface area contributed by atoms with Crippen LogP contribution in [0.1, 0.15) is 73.9 Å². The van der Waals surface area contributed by atoms with Crippen molar-refractivity contribution in [2.24, 2.45) is 4.99 Å². The molecule has 0 saturated heterocycles. The van der Waals surface area contributed by atoms with Crippen LogP contribution in [0.25, 0.3) is 11.3 Å². The molecule has 0 radical (unpaired) electrons. The van der Waals surface area contributed by atoms with Gasteiger partial charge in [-0.15, -0.1) is 6.58 Å². The predicted molar refractivity (Wildman–Crippen MR) is 141 cm³/mol. The van der Waals surface area contributed by atoms with Crippen molar-refractivity contribution in [3.63, 3.8) is 0 Å². The molecule has 3 nitrogen and oxygen atoms in total. The number of nitrogens with zero attached hydrogens (tertiary/aromatic N) is 2. The molecule has 0 aliphatic heterocycles. The second kappa shape index (κ2) is 11.1. The maximum atomic E-state index is 5.98. The highest BCUT2D eigenvalue weighted by Crippen LogP contribution is 2.35. The molecule has 2 aromatic carbocycles. The van der Waals surface area contributed by atoms with Gasteiger partial charge in [-0.25, -0.2) is 4.98 Å². The molecule has 33 heavy (non-hydrogen) atoms. The summed E-state index contributed by atoms with van der Waals surface area (Å²) in [5.41, 5.74) is 8.76. The maximum absolute atomic E-state index is 5.98. The van der Waals surface area contributed by atoms with Gasteiger partial charge in [0.1, 0.15) is 5.75 Å². The van der Waals surface area contributed by atoms with Crippen molar-refractivity contribution < 1.29 is 4.74 Å². The summed E-state index contributed by atoms with van der Waals surface area (Å²) in [6.07, 6.45) is 4.58. The Morgan fingerprint density at radius 1 is 0.939 bits per heavy atom. The van der Waals surface area contributed by atoms with Crippen molar-refractivity contribution >= 4 is 11.9 Å². The zero-order valence-electron chi connectivity index (χ0n) is 20.9. The maximum Gasteiger partial charge on any atom is 0.122 e. The number of aliphatic imine (C=N–C) groups is 1. The Balaban J connectivity index is 1.97. The first-order chi connectivity index (χ1) is 15.8. The lowest BCUT2D eigenvalue weighted by Crippen LogP contribution is -2.00. The molecular weight excluding hydrogens is 404 g/mol. The van der Waals surface area contributed by atoms with Gasteiger partial charge in [-0.2, -0.15) is 0 Å². The van der Waals surface area contributed by atoms with Crippen LogP contribution in [-0.4, -0.2) is 17.8 Å². The Morgan fingerprint density at radius 3 is 2.24 bits per heavy atom. The summed E-state index contributed by atoms with van der Waals surface area (Å²) in [7, 11) is 0. The second-order valence-corrected chi connectivity index (χ2v) is 9.16. The lowest BCUT2D eigenvalue weighted by Gasteiger charge is -2.16. The molecule has 3 aromatic rings. The first-order valence-corrected chi connectivity index (χ1v) is 11.8. The molecule has 0 fully saturated rings. The van der Waals surface area contributed by atoms with Crippen molar-refractivity contribution in [1.29, 1.82) is 0 Å². The molecule has 0 aliphatic rings. The molecular formula is C30H36N2O. The number of aromatic nitrogens is 1. The van der Waals surface area contributed by atoms with E-state index in [1.165, 1.54) is 16.7 Å². The van der Waals surface area contributed by atoms with Gasteiger partial charge in [0.25, 0.3) is 0 Å². The molecule has 1 aromatic heterocycles. The highest BCUT2D eigenvalue weighted by molar-refractivity contribution is 5.82. The van der Waals surface area contributed by atoms with Crippen molar-refractivity contribution in [3.05, 3.63) is 89.1 Å². The van der Waals surface area contributed by atoms with E-state index in [0.29, 0.717) is 18.4 Å². The summed E-state index contributed by atoms with van der Waals surface area (Å²) in [6.45, 7) is 17.4. The summed E-state index contributed by atoms with van der Waals surface area (Å²) in [6, 6.07) is 16.8. The smallest absolute Gasteiger partial charge is 0.122 e. The third-order valence-corrected chi connectivity index (χ3v) is 5.82. The zero-order chi connectivity index (χ0) is 24.0. The van der Waals surface area contributed by atoms with Crippen LogP contribution in [-0.2, 0) is 0 Å². The van der Waals surface area contributed by atoms with Crippen LogP contribution in [0.15, 0.2) is 66.2 Å². The molecule has 0 saturated carbocycles. The predicted octanol–water partition coefficient (Wildman–Crippen LogP) is 8.32. The molecule has 0 N–H and O–H groups in total. The van der Waals surface area contributed by atoms with Gasteiger partial charge in [-0.05, 0) is 72.6 Å². The lowest BCUT2D eigenvalue weighted by atomic mass is 9.93. The van der Waals surface area contributed by atoms with Gasteiger partial charge in [0.05, 0.1) is 29.9 Å². The van der Waals surface area contributed by atoms with Gasteiger partial charge in [0.15, 0.2) is 0 Å². The van der Waals surface area contributed by atoms with Crippen molar-refractivity contribution in [2.45, 2.75) is 59.8 Å². The van der Waals surface area contributed by atoms with Gasteiger partial charge < -0.3 is 4.74 Å². The summed E-state index contributed by atoms with van der Waals surface area (Å²) in [4.78, 5) is 9.85. The van der Waals surface area contributed by atoms with E-state index < -0.39 is 0 Å². The number of hydrogen-bond donors (Lipinski definition) is 0. The van der Waals surface area contributed by atoms with Gasteiger partial charge in [-0.3, -0.25) is 4.99 Å². The van der Waals surface area contributed by atoms with Gasteiger partial charge in [0, 0.05) is 5.56 Å². The topological polar surface area (TPSA) is 34.5 Å². The summed E-state index contributed by atoms with van der Waals surface area (Å²) < 4.78 is 5.98. The Kier molecular flexibility index (Phi) is 8.21. The molecule has 0 aliphatic carbocycles. The fourth-order valence-electron chi connectivity index (χ4n) is 3.98. The number of para-hydroxylation sites is 1. The molecule has 0 amide bonds. The molecule has 0 spiro atoms. The first-order valence-electron chi connectivity index (χ1n) is 11.8. The summed E-state index contributed by atoms with van der Waals surface area (Å²) >= 11 is 0. The lowest BCUT2D eigenvalue weighted by molar-refractivity contribution is 0.323. The second-order valence-electron chi connectivity index (χ2n) is 9.16. The average Bonchev–Trinajstić information content (AvgIpc) is 2.79. The highest BCUT2D eigenvalue weighted by atomic mass is 16.5. The minimum Gasteiger partial charge on any atom is -0.493 e. The van der Waals surface area contributed by atoms with Crippen molar-refractivity contribution in [2.75, 3.05) is 6.61 Å². The van der Waals surface area contributed by atoms with Gasteiger partial charge in [0.2, 0.25) is 0 Å². The van der Waals surface area contributed by atoms with E-state index in [1.54, 1.807) is 0 Å². The van der Waals surface area contributed by atoms with Crippen LogP contribution in [0.3, 0.4) is 0 Å². The van der Waals surface area contributed by atoms with Gasteiger partial charge >= 0.3 is 0 Å². The third kappa shape index (κ3) is 5.98. The number of benzene rings is 2. The molecule has 0 atom stereocenters. The third-order valence-electron chi connectivity index (χ3n) is 5.82. The number of ether oxygens (including phenoxy) is 1. The largest absolute Gasteiger partial charge is 0.493 e. The van der Waals surface area contributed by atoms with Crippen LogP contribution in [0.5, 0.6) is 5.75 Å². The Labute approximate surface area is 199 Å². The van der Waals surface area contributed by atoms with E-state index in [-0.39, 0.29) is 0 Å². The fourth-order valence-corrected chi connectivity index (χ4v) is 3.98. The number of aryl methyl sites for hydroxylation is 2. The molecule has 1 heterocycles. The molecule has 3 heteroatoms. The number of pyridine rings is 1. The van der Waals surface area contributed by atoms with E-state index in [4.69, 9.17) is 14.7 Å². The van der Waals surface area contributed by atoms with Crippen LogP contribution in [0.4, 0.5) is 5.69 Å². The minimum absolute atomic E-state index is 0.407. The SMILES string of the molecule is C=CCCOc1cc(-c2cccc(/C=N\c3c(C(C)C)cccc3C(C)C)n2)c(C)cc1C. The average molecular weight is 441 g/mol. The number of hydrogen-bond acceptors (Lipinski definition) is 3. The van der Waals surface area contributed by atoms with Crippen molar-refractivity contribution in [3.8, 4) is 17.0 Å². The van der Waals surface area contributed by atoms with Crippen LogP contribution < -0.4 is 4.74 Å². The Hall–Kier alpha value is -3.20. The monoisotopic (exact) mass is 440 g/mol. The van der Waals surface area contributed by atoms with E-state index in [2.05, 4.69) is 78.5 Å². The van der Waals surface area contributed by atoms with Crippen molar-refractivity contribution in [1.82, 2.24) is 4.98 Å². The number of rotatable bonds is 9. The summed E-state index contributed by atoms with van der Waals surface area (Å²) in [5.74, 6) is 1.71. The van der Waals surface area contributed by atoms with Crippen LogP contribution >= 0.6 is 0 Å².